The maximum atomic E-state index is 13.9. The Kier molecular flexibility index (Phi) is 7.05. The van der Waals surface area contributed by atoms with E-state index in [-0.39, 0.29) is 18.0 Å². The largest absolute Gasteiger partial charge is 0.438 e. The first kappa shape index (κ1) is 23.9. The van der Waals surface area contributed by atoms with E-state index in [2.05, 4.69) is 10.6 Å². The zero-order chi connectivity index (χ0) is 24.9. The van der Waals surface area contributed by atoms with E-state index in [1.54, 1.807) is 37.3 Å². The van der Waals surface area contributed by atoms with Crippen LogP contribution >= 0.6 is 0 Å². The lowest BCUT2D eigenvalue weighted by Gasteiger charge is -2.24. The van der Waals surface area contributed by atoms with Gasteiger partial charge in [0.1, 0.15) is 11.6 Å². The Hall–Kier alpha value is -4.27. The van der Waals surface area contributed by atoms with Crippen molar-refractivity contribution >= 4 is 23.6 Å². The number of benzene rings is 3. The molecule has 0 radical (unpaired) electrons. The van der Waals surface area contributed by atoms with Crippen molar-refractivity contribution in [3.8, 4) is 0 Å². The molecule has 1 heterocycles. The van der Waals surface area contributed by atoms with Gasteiger partial charge in [0.2, 0.25) is 5.91 Å². The fraction of sp³-hybridized carbons (Fsp3) is 0.192. The first-order valence-electron chi connectivity index (χ1n) is 11.0. The molecule has 2 N–H and O–H groups in total. The molecule has 0 saturated carbocycles. The molecule has 1 aliphatic heterocycles. The van der Waals surface area contributed by atoms with Gasteiger partial charge in [-0.25, -0.2) is 13.6 Å². The second kappa shape index (κ2) is 10.3. The molecule has 2 unspecified atom stereocenters. The van der Waals surface area contributed by atoms with Crippen LogP contribution in [0.15, 0.2) is 72.8 Å². The molecule has 0 aliphatic carbocycles. The Bertz CT molecular complexity index is 1230. The molecule has 0 bridgehead atoms. The number of anilines is 1. The summed E-state index contributed by atoms with van der Waals surface area (Å²) in [6.07, 6.45) is -1.57. The molecule has 4 rings (SSSR count). The predicted molar refractivity (Wildman–Crippen MR) is 124 cm³/mol. The summed E-state index contributed by atoms with van der Waals surface area (Å²) in [4.78, 5) is 39.3. The highest BCUT2D eigenvalue weighted by Gasteiger charge is 2.46. The molecule has 7 nitrogen and oxygen atoms in total. The first-order chi connectivity index (χ1) is 16.9. The van der Waals surface area contributed by atoms with Gasteiger partial charge in [0, 0.05) is 12.2 Å². The highest BCUT2D eigenvalue weighted by atomic mass is 19.1. The normalized spacial score (nSPS) is 17.1. The molecule has 9 heteroatoms. The monoisotopic (exact) mass is 479 g/mol. The summed E-state index contributed by atoms with van der Waals surface area (Å²) in [5, 5.41) is 5.35. The lowest BCUT2D eigenvalue weighted by Crippen LogP contribution is -2.46. The molecule has 3 aromatic carbocycles. The van der Waals surface area contributed by atoms with Gasteiger partial charge in [-0.15, -0.1) is 0 Å². The third-order valence-electron chi connectivity index (χ3n) is 5.59. The van der Waals surface area contributed by atoms with Crippen molar-refractivity contribution in [2.75, 3.05) is 11.9 Å². The molecule has 1 fully saturated rings. The number of rotatable bonds is 7. The van der Waals surface area contributed by atoms with Crippen molar-refractivity contribution in [2.24, 2.45) is 0 Å². The number of carbonyl (C=O) groups is 3. The number of nitrogens with zero attached hydrogens (tertiary/aromatic N) is 1. The van der Waals surface area contributed by atoms with Gasteiger partial charge >= 0.3 is 6.09 Å². The van der Waals surface area contributed by atoms with Gasteiger partial charge < -0.3 is 15.4 Å². The fourth-order valence-electron chi connectivity index (χ4n) is 3.88. The van der Waals surface area contributed by atoms with Crippen LogP contribution in [0.2, 0.25) is 0 Å². The van der Waals surface area contributed by atoms with Crippen LogP contribution in [0.4, 0.5) is 19.3 Å². The maximum Gasteiger partial charge on any atom is 0.411 e. The quantitative estimate of drug-likeness (QED) is 0.525. The van der Waals surface area contributed by atoms with Crippen LogP contribution in [-0.4, -0.2) is 35.4 Å². The number of nitrogens with one attached hydrogen (secondary N) is 2. The van der Waals surface area contributed by atoms with Crippen molar-refractivity contribution in [1.82, 2.24) is 10.2 Å². The summed E-state index contributed by atoms with van der Waals surface area (Å²) in [7, 11) is 0. The summed E-state index contributed by atoms with van der Waals surface area (Å²) in [5.74, 6) is -2.03. The number of amides is 3. The van der Waals surface area contributed by atoms with E-state index in [4.69, 9.17) is 4.74 Å². The van der Waals surface area contributed by atoms with E-state index in [0.717, 1.165) is 0 Å². The fourth-order valence-corrected chi connectivity index (χ4v) is 3.88. The molecule has 1 aliphatic rings. The standard InChI is InChI=1S/C26H23F2N3O4/c1-2-29-25(33)22-23(35-26(34)31(22)15-16-7-11-18(27)12-8-16)17-9-13-19(14-10-17)30-24(32)20-5-3-4-6-21(20)28/h3-14,22-23H,2,15H2,1H3,(H,29,33)(H,30,32). The minimum Gasteiger partial charge on any atom is -0.438 e. The summed E-state index contributed by atoms with van der Waals surface area (Å²) < 4.78 is 32.7. The van der Waals surface area contributed by atoms with E-state index in [9.17, 15) is 23.2 Å². The van der Waals surface area contributed by atoms with Gasteiger partial charge in [0.15, 0.2) is 12.1 Å². The van der Waals surface area contributed by atoms with Gasteiger partial charge in [-0.3, -0.25) is 14.5 Å². The van der Waals surface area contributed by atoms with Crippen LogP contribution in [-0.2, 0) is 16.1 Å². The number of hydrogen-bond donors (Lipinski definition) is 2. The highest BCUT2D eigenvalue weighted by Crippen LogP contribution is 2.34. The van der Waals surface area contributed by atoms with Gasteiger partial charge in [-0.05, 0) is 54.4 Å². The smallest absolute Gasteiger partial charge is 0.411 e. The molecule has 2 atom stereocenters. The van der Waals surface area contributed by atoms with E-state index in [0.29, 0.717) is 23.4 Å². The van der Waals surface area contributed by atoms with E-state index in [1.165, 1.54) is 47.4 Å². The number of halogens is 2. The third kappa shape index (κ3) is 5.29. The highest BCUT2D eigenvalue weighted by molar-refractivity contribution is 6.04. The van der Waals surface area contributed by atoms with Crippen LogP contribution in [0.3, 0.4) is 0 Å². The number of carbonyl (C=O) groups excluding carboxylic acids is 3. The van der Waals surface area contributed by atoms with Crippen LogP contribution in [0.25, 0.3) is 0 Å². The second-order valence-corrected chi connectivity index (χ2v) is 7.95. The molecule has 35 heavy (non-hydrogen) atoms. The molecule has 0 aromatic heterocycles. The minimum absolute atomic E-state index is 0.0637. The zero-order valence-corrected chi connectivity index (χ0v) is 18.8. The lowest BCUT2D eigenvalue weighted by atomic mass is 10.00. The third-order valence-corrected chi connectivity index (χ3v) is 5.59. The molecule has 180 valence electrons. The molecule has 0 spiro atoms. The first-order valence-corrected chi connectivity index (χ1v) is 11.0. The zero-order valence-electron chi connectivity index (χ0n) is 18.8. The lowest BCUT2D eigenvalue weighted by molar-refractivity contribution is -0.126. The van der Waals surface area contributed by atoms with Gasteiger partial charge in [-0.2, -0.15) is 0 Å². The summed E-state index contributed by atoms with van der Waals surface area (Å²) >= 11 is 0. The van der Waals surface area contributed by atoms with Crippen molar-refractivity contribution in [2.45, 2.75) is 25.6 Å². The average molecular weight is 479 g/mol. The van der Waals surface area contributed by atoms with Crippen molar-refractivity contribution in [3.63, 3.8) is 0 Å². The average Bonchev–Trinajstić information content (AvgIpc) is 3.17. The van der Waals surface area contributed by atoms with E-state index >= 15 is 0 Å². The molecule has 3 amide bonds. The topological polar surface area (TPSA) is 87.7 Å². The Balaban J connectivity index is 1.54. The Morgan fingerprint density at radius 1 is 0.971 bits per heavy atom. The van der Waals surface area contributed by atoms with Crippen molar-refractivity contribution in [3.05, 3.63) is 101 Å². The van der Waals surface area contributed by atoms with Gasteiger partial charge in [0.05, 0.1) is 12.1 Å². The number of likely N-dealkylation sites (N-methyl/N-ethyl adjacent to an activating group) is 1. The van der Waals surface area contributed by atoms with Crippen molar-refractivity contribution < 1.29 is 27.9 Å². The minimum atomic E-state index is -0.952. The molecule has 3 aromatic rings. The summed E-state index contributed by atoms with van der Waals surface area (Å²) in [6, 6.07) is 16.7. The Morgan fingerprint density at radius 2 is 1.66 bits per heavy atom. The molecular formula is C26H23F2N3O4. The molecule has 1 saturated heterocycles. The predicted octanol–water partition coefficient (Wildman–Crippen LogP) is 4.42. The number of hydrogen-bond acceptors (Lipinski definition) is 4. The van der Waals surface area contributed by atoms with Crippen LogP contribution in [0, 0.1) is 11.6 Å². The van der Waals surface area contributed by atoms with E-state index in [1.807, 2.05) is 0 Å². The van der Waals surface area contributed by atoms with Crippen LogP contribution in [0.5, 0.6) is 0 Å². The van der Waals surface area contributed by atoms with Gasteiger partial charge in [-0.1, -0.05) is 36.4 Å². The maximum absolute atomic E-state index is 13.9. The van der Waals surface area contributed by atoms with Gasteiger partial charge in [0.25, 0.3) is 5.91 Å². The SMILES string of the molecule is CCNC(=O)C1C(c2ccc(NC(=O)c3ccccc3F)cc2)OC(=O)N1Cc1ccc(F)cc1. The number of ether oxygens (including phenoxy) is 1. The van der Waals surface area contributed by atoms with E-state index < -0.39 is 35.8 Å². The number of cyclic esters (lactones) is 1. The Morgan fingerprint density at radius 3 is 2.31 bits per heavy atom. The summed E-state index contributed by atoms with van der Waals surface area (Å²) in [5.41, 5.74) is 1.50. The Labute approximate surface area is 200 Å². The molecular weight excluding hydrogens is 456 g/mol. The van der Waals surface area contributed by atoms with Crippen LogP contribution < -0.4 is 10.6 Å². The second-order valence-electron chi connectivity index (χ2n) is 7.95. The summed E-state index contributed by atoms with van der Waals surface area (Å²) in [6.45, 7) is 2.19. The van der Waals surface area contributed by atoms with Crippen molar-refractivity contribution in [1.29, 1.82) is 0 Å². The van der Waals surface area contributed by atoms with Crippen LogP contribution in [0.1, 0.15) is 34.5 Å².